The minimum atomic E-state index is -3.08. The molecule has 4 nitrogen and oxygen atoms in total. The molecule has 2 aliphatic heterocycles. The van der Waals surface area contributed by atoms with Crippen LogP contribution >= 0.6 is 0 Å². The Morgan fingerprint density at radius 1 is 1.26 bits per heavy atom. The van der Waals surface area contributed by atoms with Crippen molar-refractivity contribution in [1.29, 1.82) is 0 Å². The number of rotatable bonds is 3. The first-order chi connectivity index (χ1) is 9.17. The largest absolute Gasteiger partial charge is 0.377 e. The van der Waals surface area contributed by atoms with E-state index in [1.165, 1.54) is 0 Å². The van der Waals surface area contributed by atoms with Crippen molar-refractivity contribution in [3.8, 4) is 0 Å². The van der Waals surface area contributed by atoms with Crippen molar-refractivity contribution in [3.63, 3.8) is 0 Å². The van der Waals surface area contributed by atoms with Gasteiger partial charge in [-0.15, -0.1) is 0 Å². The predicted molar refractivity (Wildman–Crippen MR) is 72.8 cm³/mol. The Bertz CT molecular complexity index is 550. The lowest BCUT2D eigenvalue weighted by Crippen LogP contribution is -2.34. The van der Waals surface area contributed by atoms with Gasteiger partial charge in [0.25, 0.3) is 0 Å². The second-order valence-corrected chi connectivity index (χ2v) is 7.32. The van der Waals surface area contributed by atoms with Gasteiger partial charge in [0.15, 0.2) is 9.84 Å². The summed E-state index contributed by atoms with van der Waals surface area (Å²) in [5, 5.41) is 3.47. The first-order valence-electron chi connectivity index (χ1n) is 6.83. The number of benzene rings is 1. The Labute approximate surface area is 114 Å². The summed E-state index contributed by atoms with van der Waals surface area (Å²) in [5.41, 5.74) is 0.909. The summed E-state index contributed by atoms with van der Waals surface area (Å²) in [5.74, 6) is 0.229. The molecule has 0 spiro atoms. The average molecular weight is 281 g/mol. The average Bonchev–Trinajstić information content (AvgIpc) is 2.91. The van der Waals surface area contributed by atoms with Gasteiger partial charge in [0.05, 0.1) is 16.8 Å². The number of nitrogens with one attached hydrogen (secondary N) is 1. The molecule has 0 aromatic heterocycles. The van der Waals surface area contributed by atoms with E-state index in [4.69, 9.17) is 4.74 Å². The highest BCUT2D eigenvalue weighted by Gasteiger charge is 2.30. The summed E-state index contributed by atoms with van der Waals surface area (Å²) in [6.07, 6.45) is 3.15. The van der Waals surface area contributed by atoms with Gasteiger partial charge in [0.2, 0.25) is 0 Å². The van der Waals surface area contributed by atoms with Gasteiger partial charge in [-0.25, -0.2) is 8.42 Å². The van der Waals surface area contributed by atoms with Crippen molar-refractivity contribution >= 4 is 9.84 Å². The van der Waals surface area contributed by atoms with Crippen molar-refractivity contribution in [2.45, 2.75) is 36.3 Å². The minimum absolute atomic E-state index is 0.129. The highest BCUT2D eigenvalue weighted by molar-refractivity contribution is 7.91. The third kappa shape index (κ3) is 2.68. The Balaban J connectivity index is 1.76. The molecule has 0 saturated carbocycles. The van der Waals surface area contributed by atoms with E-state index in [9.17, 15) is 8.42 Å². The molecule has 0 amide bonds. The van der Waals surface area contributed by atoms with Crippen LogP contribution in [0.1, 0.15) is 30.9 Å². The molecule has 2 unspecified atom stereocenters. The van der Waals surface area contributed by atoms with Crippen LogP contribution in [0.2, 0.25) is 0 Å². The van der Waals surface area contributed by atoms with Crippen molar-refractivity contribution < 1.29 is 13.2 Å². The molecule has 3 rings (SSSR count). The van der Waals surface area contributed by atoms with E-state index in [-0.39, 0.29) is 17.9 Å². The summed E-state index contributed by atoms with van der Waals surface area (Å²) in [6.45, 7) is 1.65. The second kappa shape index (κ2) is 5.23. The third-order valence-electron chi connectivity index (χ3n) is 3.92. The van der Waals surface area contributed by atoms with Gasteiger partial charge >= 0.3 is 0 Å². The molecule has 1 aromatic carbocycles. The quantitative estimate of drug-likeness (QED) is 0.916. The highest BCUT2D eigenvalue weighted by Crippen LogP contribution is 2.31. The molecule has 2 aliphatic rings. The summed E-state index contributed by atoms with van der Waals surface area (Å²) in [6, 6.07) is 7.45. The molecule has 104 valence electrons. The molecule has 0 bridgehead atoms. The van der Waals surface area contributed by atoms with Crippen LogP contribution in [0.15, 0.2) is 29.2 Å². The Hall–Kier alpha value is -0.910. The van der Waals surface area contributed by atoms with E-state index in [2.05, 4.69) is 5.32 Å². The molecule has 1 fully saturated rings. The maximum atomic E-state index is 12.0. The maximum absolute atomic E-state index is 12.0. The van der Waals surface area contributed by atoms with Crippen LogP contribution in [0.25, 0.3) is 0 Å². The van der Waals surface area contributed by atoms with Crippen LogP contribution in [-0.2, 0) is 14.6 Å². The number of ether oxygens (including phenoxy) is 1. The van der Waals surface area contributed by atoms with Crippen LogP contribution in [0, 0.1) is 0 Å². The number of sulfone groups is 1. The fraction of sp³-hybridized carbons (Fsp3) is 0.571. The lowest BCUT2D eigenvalue weighted by molar-refractivity contribution is 0.107. The normalized spacial score (nSPS) is 29.1. The van der Waals surface area contributed by atoms with Crippen LogP contribution in [0.3, 0.4) is 0 Å². The van der Waals surface area contributed by atoms with Crippen molar-refractivity contribution in [2.75, 3.05) is 18.9 Å². The van der Waals surface area contributed by atoms with Gasteiger partial charge in [-0.2, -0.15) is 0 Å². The monoisotopic (exact) mass is 281 g/mol. The molecule has 1 N–H and O–H groups in total. The van der Waals surface area contributed by atoms with Crippen molar-refractivity contribution in [1.82, 2.24) is 5.32 Å². The van der Waals surface area contributed by atoms with Gasteiger partial charge < -0.3 is 10.1 Å². The molecule has 5 heteroatoms. The van der Waals surface area contributed by atoms with E-state index < -0.39 is 9.84 Å². The molecule has 0 aliphatic carbocycles. The third-order valence-corrected chi connectivity index (χ3v) is 5.74. The van der Waals surface area contributed by atoms with E-state index in [1.807, 2.05) is 12.1 Å². The Kier molecular flexibility index (Phi) is 3.60. The van der Waals surface area contributed by atoms with E-state index in [0.717, 1.165) is 31.6 Å². The van der Waals surface area contributed by atoms with Crippen molar-refractivity contribution in [3.05, 3.63) is 29.8 Å². The van der Waals surface area contributed by atoms with Crippen LogP contribution in [-0.4, -0.2) is 33.4 Å². The molecule has 0 radical (unpaired) electrons. The highest BCUT2D eigenvalue weighted by atomic mass is 32.2. The smallest absolute Gasteiger partial charge is 0.178 e. The molecular weight excluding hydrogens is 262 g/mol. The summed E-state index contributed by atoms with van der Waals surface area (Å²) in [7, 11) is -3.08. The standard InChI is InChI=1S/C14H19NO3S/c16-19(17)9-7-13(12-5-1-2-6-14(12)19)15-10-11-4-3-8-18-11/h1-2,5-6,11,13,15H,3-4,7-10H2. The van der Waals surface area contributed by atoms with Gasteiger partial charge in [0, 0.05) is 19.2 Å². The lowest BCUT2D eigenvalue weighted by atomic mass is 10.0. The van der Waals surface area contributed by atoms with Gasteiger partial charge in [-0.1, -0.05) is 18.2 Å². The fourth-order valence-corrected chi connectivity index (χ4v) is 4.50. The molecule has 2 heterocycles. The number of hydrogen-bond donors (Lipinski definition) is 1. The van der Waals surface area contributed by atoms with E-state index in [1.54, 1.807) is 12.1 Å². The topological polar surface area (TPSA) is 55.4 Å². The summed E-state index contributed by atoms with van der Waals surface area (Å²) >= 11 is 0. The van der Waals surface area contributed by atoms with Crippen molar-refractivity contribution in [2.24, 2.45) is 0 Å². The molecule has 1 aromatic rings. The zero-order valence-corrected chi connectivity index (χ0v) is 11.7. The molecular formula is C14H19NO3S. The maximum Gasteiger partial charge on any atom is 0.178 e. The lowest BCUT2D eigenvalue weighted by Gasteiger charge is -2.27. The molecule has 1 saturated heterocycles. The van der Waals surface area contributed by atoms with E-state index >= 15 is 0 Å². The summed E-state index contributed by atoms with van der Waals surface area (Å²) < 4.78 is 29.6. The van der Waals surface area contributed by atoms with E-state index in [0.29, 0.717) is 11.3 Å². The Morgan fingerprint density at radius 3 is 2.89 bits per heavy atom. The van der Waals surface area contributed by atoms with Crippen LogP contribution in [0.4, 0.5) is 0 Å². The first kappa shape index (κ1) is 13.1. The summed E-state index contributed by atoms with van der Waals surface area (Å²) in [4.78, 5) is 0.492. The van der Waals surface area contributed by atoms with Crippen LogP contribution < -0.4 is 5.32 Å². The zero-order valence-electron chi connectivity index (χ0n) is 10.8. The van der Waals surface area contributed by atoms with Gasteiger partial charge in [-0.05, 0) is 30.9 Å². The second-order valence-electron chi connectivity index (χ2n) is 5.24. The van der Waals surface area contributed by atoms with Gasteiger partial charge in [0.1, 0.15) is 0 Å². The Morgan fingerprint density at radius 2 is 2.11 bits per heavy atom. The van der Waals surface area contributed by atoms with Gasteiger partial charge in [-0.3, -0.25) is 0 Å². The van der Waals surface area contributed by atoms with Crippen LogP contribution in [0.5, 0.6) is 0 Å². The zero-order chi connectivity index (χ0) is 13.3. The molecule has 2 atom stereocenters. The SMILES string of the molecule is O=S1(=O)CCC(NCC2CCCO2)c2ccccc21. The molecule has 19 heavy (non-hydrogen) atoms. The first-order valence-corrected chi connectivity index (χ1v) is 8.49. The number of hydrogen-bond acceptors (Lipinski definition) is 4. The minimum Gasteiger partial charge on any atom is -0.377 e. The predicted octanol–water partition coefficient (Wildman–Crippen LogP) is 1.67. The fourth-order valence-electron chi connectivity index (χ4n) is 2.88. The number of fused-ring (bicyclic) bond motifs is 1.